The molecule has 0 fully saturated rings. The molecule has 2 N–H and O–H groups in total. The molecule has 0 aliphatic heterocycles. The Balaban J connectivity index is 2.71. The molecule has 0 spiro atoms. The molecule has 0 atom stereocenters. The zero-order valence-electron chi connectivity index (χ0n) is 7.71. The van der Waals surface area contributed by atoms with Crippen molar-refractivity contribution in [1.82, 2.24) is 0 Å². The molecule has 3 nitrogen and oxygen atoms in total. The standard InChI is InChI=1S/C11H10N2O/c12-6-7-4-5-9(13)11-8(7)2-1-3-10(11)14/h4-5H,1-3,13H2. The summed E-state index contributed by atoms with van der Waals surface area (Å²) < 4.78 is 0. The molecule has 2 rings (SSSR count). The fourth-order valence-electron chi connectivity index (χ4n) is 1.91. The summed E-state index contributed by atoms with van der Waals surface area (Å²) in [4.78, 5) is 11.6. The van der Waals surface area contributed by atoms with Gasteiger partial charge in [-0.05, 0) is 30.5 Å². The van der Waals surface area contributed by atoms with Crippen LogP contribution in [0.3, 0.4) is 0 Å². The maximum absolute atomic E-state index is 11.6. The second-order valence-electron chi connectivity index (χ2n) is 3.44. The van der Waals surface area contributed by atoms with Crippen molar-refractivity contribution in [3.63, 3.8) is 0 Å². The number of hydrogen-bond acceptors (Lipinski definition) is 3. The lowest BCUT2D eigenvalue weighted by atomic mass is 9.86. The molecule has 0 bridgehead atoms. The van der Waals surface area contributed by atoms with Crippen LogP contribution in [0.25, 0.3) is 0 Å². The van der Waals surface area contributed by atoms with Crippen LogP contribution in [0.1, 0.15) is 34.3 Å². The van der Waals surface area contributed by atoms with Crippen molar-refractivity contribution in [3.05, 3.63) is 28.8 Å². The first-order valence-electron chi connectivity index (χ1n) is 4.58. The molecule has 0 aromatic heterocycles. The number of anilines is 1. The van der Waals surface area contributed by atoms with E-state index in [9.17, 15) is 4.79 Å². The first-order chi connectivity index (χ1) is 6.74. The average Bonchev–Trinajstić information content (AvgIpc) is 2.18. The van der Waals surface area contributed by atoms with Crippen molar-refractivity contribution >= 4 is 11.5 Å². The van der Waals surface area contributed by atoms with E-state index in [1.807, 2.05) is 0 Å². The van der Waals surface area contributed by atoms with Gasteiger partial charge in [-0.15, -0.1) is 0 Å². The van der Waals surface area contributed by atoms with Crippen LogP contribution in [0, 0.1) is 11.3 Å². The summed E-state index contributed by atoms with van der Waals surface area (Å²) in [6, 6.07) is 5.42. The van der Waals surface area contributed by atoms with Crippen molar-refractivity contribution < 1.29 is 4.79 Å². The molecule has 1 aliphatic rings. The van der Waals surface area contributed by atoms with Crippen molar-refractivity contribution in [2.75, 3.05) is 5.73 Å². The molecule has 3 heteroatoms. The first-order valence-corrected chi connectivity index (χ1v) is 4.58. The lowest BCUT2D eigenvalue weighted by molar-refractivity contribution is 0.0973. The number of nitrogens with two attached hydrogens (primary N) is 1. The number of carbonyl (C=O) groups excluding carboxylic acids is 1. The highest BCUT2D eigenvalue weighted by molar-refractivity contribution is 6.03. The zero-order valence-corrected chi connectivity index (χ0v) is 7.71. The quantitative estimate of drug-likeness (QED) is 0.626. The second-order valence-corrected chi connectivity index (χ2v) is 3.44. The molecule has 1 aliphatic carbocycles. The van der Waals surface area contributed by atoms with E-state index < -0.39 is 0 Å². The molecule has 0 heterocycles. The third kappa shape index (κ3) is 1.16. The van der Waals surface area contributed by atoms with Crippen LogP contribution in [-0.2, 0) is 6.42 Å². The molecule has 0 saturated carbocycles. The molecule has 0 unspecified atom stereocenters. The van der Waals surface area contributed by atoms with E-state index >= 15 is 0 Å². The maximum atomic E-state index is 11.6. The molecule has 0 radical (unpaired) electrons. The Morgan fingerprint density at radius 3 is 2.86 bits per heavy atom. The minimum atomic E-state index is 0.0702. The van der Waals surface area contributed by atoms with E-state index in [0.29, 0.717) is 23.2 Å². The van der Waals surface area contributed by atoms with Gasteiger partial charge >= 0.3 is 0 Å². The first kappa shape index (κ1) is 8.76. The number of hydrogen-bond donors (Lipinski definition) is 1. The van der Waals surface area contributed by atoms with Crippen LogP contribution < -0.4 is 5.73 Å². The number of nitrogens with zero attached hydrogens (tertiary/aromatic N) is 1. The smallest absolute Gasteiger partial charge is 0.165 e. The Bertz CT molecular complexity index is 443. The van der Waals surface area contributed by atoms with Gasteiger partial charge in [0.15, 0.2) is 5.78 Å². The Hall–Kier alpha value is -1.82. The fraction of sp³-hybridized carbons (Fsp3) is 0.273. The summed E-state index contributed by atoms with van der Waals surface area (Å²) in [6.07, 6.45) is 2.16. The molecular formula is C11H10N2O. The summed E-state index contributed by atoms with van der Waals surface area (Å²) >= 11 is 0. The van der Waals surface area contributed by atoms with Gasteiger partial charge in [0.1, 0.15) is 0 Å². The van der Waals surface area contributed by atoms with Gasteiger partial charge < -0.3 is 5.73 Å². The minimum Gasteiger partial charge on any atom is -0.398 e. The van der Waals surface area contributed by atoms with Crippen LogP contribution >= 0.6 is 0 Å². The molecule has 14 heavy (non-hydrogen) atoms. The van der Waals surface area contributed by atoms with Crippen molar-refractivity contribution in [1.29, 1.82) is 5.26 Å². The van der Waals surface area contributed by atoms with E-state index in [0.717, 1.165) is 18.4 Å². The van der Waals surface area contributed by atoms with Gasteiger partial charge in [-0.2, -0.15) is 5.26 Å². The third-order valence-corrected chi connectivity index (χ3v) is 2.58. The van der Waals surface area contributed by atoms with E-state index in [2.05, 4.69) is 6.07 Å². The second kappa shape index (κ2) is 3.15. The number of carbonyl (C=O) groups is 1. The third-order valence-electron chi connectivity index (χ3n) is 2.58. The molecular weight excluding hydrogens is 176 g/mol. The highest BCUT2D eigenvalue weighted by atomic mass is 16.1. The maximum Gasteiger partial charge on any atom is 0.165 e. The molecule has 70 valence electrons. The summed E-state index contributed by atoms with van der Waals surface area (Å²) in [5, 5.41) is 8.87. The monoisotopic (exact) mass is 186 g/mol. The Morgan fingerprint density at radius 1 is 1.36 bits per heavy atom. The Morgan fingerprint density at radius 2 is 2.14 bits per heavy atom. The molecule has 0 amide bonds. The van der Waals surface area contributed by atoms with Crippen molar-refractivity contribution in [3.8, 4) is 6.07 Å². The summed E-state index contributed by atoms with van der Waals surface area (Å²) in [5.74, 6) is 0.0702. The number of nitrogen functional groups attached to an aromatic ring is 1. The lowest BCUT2D eigenvalue weighted by Gasteiger charge is -2.17. The van der Waals surface area contributed by atoms with E-state index in [4.69, 9.17) is 11.0 Å². The van der Waals surface area contributed by atoms with Gasteiger partial charge in [-0.1, -0.05) is 0 Å². The molecule has 1 aromatic rings. The summed E-state index contributed by atoms with van der Waals surface area (Å²) in [6.45, 7) is 0. The van der Waals surface area contributed by atoms with Gasteiger partial charge in [0.2, 0.25) is 0 Å². The van der Waals surface area contributed by atoms with E-state index in [1.165, 1.54) is 0 Å². The number of rotatable bonds is 0. The van der Waals surface area contributed by atoms with Crippen molar-refractivity contribution in [2.24, 2.45) is 0 Å². The van der Waals surface area contributed by atoms with Crippen molar-refractivity contribution in [2.45, 2.75) is 19.3 Å². The molecule has 1 aromatic carbocycles. The molecule has 0 saturated heterocycles. The van der Waals surface area contributed by atoms with Crippen LogP contribution in [0.2, 0.25) is 0 Å². The SMILES string of the molecule is N#Cc1ccc(N)c2c1CCCC2=O. The fourth-order valence-corrected chi connectivity index (χ4v) is 1.91. The summed E-state index contributed by atoms with van der Waals surface area (Å²) in [7, 11) is 0. The normalized spacial score (nSPS) is 14.6. The van der Waals surface area contributed by atoms with Gasteiger partial charge in [0.25, 0.3) is 0 Å². The highest BCUT2D eigenvalue weighted by Gasteiger charge is 2.22. The Kier molecular flexibility index (Phi) is 1.97. The van der Waals surface area contributed by atoms with Gasteiger partial charge in [0, 0.05) is 17.7 Å². The largest absolute Gasteiger partial charge is 0.398 e. The number of fused-ring (bicyclic) bond motifs is 1. The lowest BCUT2D eigenvalue weighted by Crippen LogP contribution is -2.14. The van der Waals surface area contributed by atoms with Gasteiger partial charge in [0.05, 0.1) is 11.6 Å². The predicted molar refractivity (Wildman–Crippen MR) is 52.8 cm³/mol. The number of benzene rings is 1. The van der Waals surface area contributed by atoms with Crippen LogP contribution in [-0.4, -0.2) is 5.78 Å². The summed E-state index contributed by atoms with van der Waals surface area (Å²) in [5.41, 5.74) is 8.23. The average molecular weight is 186 g/mol. The van der Waals surface area contributed by atoms with Gasteiger partial charge in [-0.3, -0.25) is 4.79 Å². The van der Waals surface area contributed by atoms with E-state index in [-0.39, 0.29) is 5.78 Å². The van der Waals surface area contributed by atoms with Crippen LogP contribution in [0.4, 0.5) is 5.69 Å². The van der Waals surface area contributed by atoms with Crippen LogP contribution in [0.5, 0.6) is 0 Å². The topological polar surface area (TPSA) is 66.9 Å². The van der Waals surface area contributed by atoms with E-state index in [1.54, 1.807) is 12.1 Å². The number of Topliss-reactive ketones (excluding diaryl/α,β-unsaturated/α-hetero) is 1. The van der Waals surface area contributed by atoms with Gasteiger partial charge in [-0.25, -0.2) is 0 Å². The van der Waals surface area contributed by atoms with Crippen LogP contribution in [0.15, 0.2) is 12.1 Å². The predicted octanol–water partition coefficient (Wildman–Crippen LogP) is 1.66. The number of ketones is 1. The minimum absolute atomic E-state index is 0.0702. The zero-order chi connectivity index (χ0) is 10.1. The highest BCUT2D eigenvalue weighted by Crippen LogP contribution is 2.28. The number of nitriles is 1. The Labute approximate surface area is 82.1 Å².